The van der Waals surface area contributed by atoms with Gasteiger partial charge in [0.25, 0.3) is 0 Å². The number of methoxy groups -OCH3 is 1. The van der Waals surface area contributed by atoms with Gasteiger partial charge in [-0.2, -0.15) is 0 Å². The van der Waals surface area contributed by atoms with E-state index in [1.54, 1.807) is 7.11 Å². The first-order valence-electron chi connectivity index (χ1n) is 7.37. The molecule has 0 spiro atoms. The third-order valence-electron chi connectivity index (χ3n) is 4.11. The molecule has 0 bridgehead atoms. The van der Waals surface area contributed by atoms with Gasteiger partial charge in [-0.1, -0.05) is 42.5 Å². The summed E-state index contributed by atoms with van der Waals surface area (Å²) in [5.41, 5.74) is 2.32. The summed E-state index contributed by atoms with van der Waals surface area (Å²) in [6.07, 6.45) is 0. The molecule has 0 saturated heterocycles. The Morgan fingerprint density at radius 2 is 1.91 bits per heavy atom. The van der Waals surface area contributed by atoms with Crippen molar-refractivity contribution in [2.75, 3.05) is 18.7 Å². The van der Waals surface area contributed by atoms with Crippen LogP contribution in [0.4, 0.5) is 5.69 Å². The number of anilines is 1. The van der Waals surface area contributed by atoms with Crippen LogP contribution in [0.15, 0.2) is 60.7 Å². The molecular weight excluding hydrogens is 274 g/mol. The highest BCUT2D eigenvalue weighted by molar-refractivity contribution is 5.90. The third kappa shape index (κ3) is 2.15. The van der Waals surface area contributed by atoms with E-state index >= 15 is 0 Å². The molecule has 0 radical (unpaired) electrons. The molecule has 110 valence electrons. The van der Waals surface area contributed by atoms with Crippen LogP contribution >= 0.6 is 0 Å². The quantitative estimate of drug-likeness (QED) is 0.706. The summed E-state index contributed by atoms with van der Waals surface area (Å²) in [4.78, 5) is 2.21. The summed E-state index contributed by atoms with van der Waals surface area (Å²) in [6.45, 7) is 1.39. The minimum Gasteiger partial charge on any atom is -0.497 e. The predicted molar refractivity (Wildman–Crippen MR) is 88.6 cm³/mol. The summed E-state index contributed by atoms with van der Waals surface area (Å²) in [5.74, 6) is 1.87. The van der Waals surface area contributed by atoms with Crippen LogP contribution in [0.1, 0.15) is 5.56 Å². The molecule has 1 aliphatic rings. The molecule has 3 aromatic carbocycles. The van der Waals surface area contributed by atoms with Gasteiger partial charge >= 0.3 is 0 Å². The van der Waals surface area contributed by atoms with Crippen molar-refractivity contribution in [2.24, 2.45) is 0 Å². The zero-order valence-electron chi connectivity index (χ0n) is 12.5. The van der Waals surface area contributed by atoms with Crippen molar-refractivity contribution in [3.05, 3.63) is 66.2 Å². The van der Waals surface area contributed by atoms with Crippen LogP contribution in [0.2, 0.25) is 0 Å². The summed E-state index contributed by atoms with van der Waals surface area (Å²) >= 11 is 0. The Kier molecular flexibility index (Phi) is 3.11. The molecule has 3 nitrogen and oxygen atoms in total. The SMILES string of the molecule is COc1cccc(N2COc3c(ccc4ccccc34)C2)c1. The van der Waals surface area contributed by atoms with E-state index < -0.39 is 0 Å². The minimum atomic E-state index is 0.550. The average Bonchev–Trinajstić information content (AvgIpc) is 2.61. The van der Waals surface area contributed by atoms with Crippen LogP contribution in [0.5, 0.6) is 11.5 Å². The van der Waals surface area contributed by atoms with Crippen molar-refractivity contribution in [1.29, 1.82) is 0 Å². The van der Waals surface area contributed by atoms with Gasteiger partial charge in [0, 0.05) is 29.2 Å². The summed E-state index contributed by atoms with van der Waals surface area (Å²) in [5, 5.41) is 2.40. The number of hydrogen-bond acceptors (Lipinski definition) is 3. The maximum atomic E-state index is 6.06. The van der Waals surface area contributed by atoms with Crippen LogP contribution in [0, 0.1) is 0 Å². The summed E-state index contributed by atoms with van der Waals surface area (Å²) < 4.78 is 11.4. The molecule has 0 fully saturated rings. The molecule has 0 amide bonds. The second-order valence-electron chi connectivity index (χ2n) is 5.45. The Hall–Kier alpha value is -2.68. The number of fused-ring (bicyclic) bond motifs is 3. The number of rotatable bonds is 2. The first-order chi connectivity index (χ1) is 10.8. The molecular formula is C19H17NO2. The van der Waals surface area contributed by atoms with Crippen LogP contribution in [-0.2, 0) is 6.54 Å². The van der Waals surface area contributed by atoms with Crippen LogP contribution in [-0.4, -0.2) is 13.8 Å². The van der Waals surface area contributed by atoms with Gasteiger partial charge in [0.15, 0.2) is 6.73 Å². The lowest BCUT2D eigenvalue weighted by atomic mass is 10.0. The normalized spacial score (nSPS) is 13.6. The van der Waals surface area contributed by atoms with Crippen LogP contribution in [0.25, 0.3) is 10.8 Å². The summed E-state index contributed by atoms with van der Waals surface area (Å²) in [7, 11) is 1.69. The van der Waals surface area contributed by atoms with Gasteiger partial charge in [-0.3, -0.25) is 0 Å². The fourth-order valence-electron chi connectivity index (χ4n) is 2.95. The van der Waals surface area contributed by atoms with Gasteiger partial charge in [0.1, 0.15) is 11.5 Å². The topological polar surface area (TPSA) is 21.7 Å². The van der Waals surface area contributed by atoms with Gasteiger partial charge in [0.05, 0.1) is 7.11 Å². The van der Waals surface area contributed by atoms with Gasteiger partial charge in [-0.05, 0) is 17.5 Å². The molecule has 3 aromatic rings. The van der Waals surface area contributed by atoms with Gasteiger partial charge in [-0.25, -0.2) is 0 Å². The van der Waals surface area contributed by atoms with Gasteiger partial charge < -0.3 is 14.4 Å². The maximum Gasteiger partial charge on any atom is 0.161 e. The number of ether oxygens (including phenoxy) is 2. The molecule has 0 saturated carbocycles. The maximum absolute atomic E-state index is 6.06. The lowest BCUT2D eigenvalue weighted by Gasteiger charge is -2.31. The Labute approximate surface area is 129 Å². The predicted octanol–water partition coefficient (Wildman–Crippen LogP) is 4.20. The Morgan fingerprint density at radius 1 is 1.00 bits per heavy atom. The van der Waals surface area contributed by atoms with Gasteiger partial charge in [-0.15, -0.1) is 0 Å². The highest BCUT2D eigenvalue weighted by atomic mass is 16.5. The van der Waals surface area contributed by atoms with E-state index in [0.29, 0.717) is 6.73 Å². The molecule has 0 atom stereocenters. The van der Waals surface area contributed by atoms with E-state index in [1.165, 1.54) is 16.3 Å². The number of nitrogens with zero attached hydrogens (tertiary/aromatic N) is 1. The van der Waals surface area contributed by atoms with Gasteiger partial charge in [0.2, 0.25) is 0 Å². The number of hydrogen-bond donors (Lipinski definition) is 0. The lowest BCUT2D eigenvalue weighted by Crippen LogP contribution is -2.31. The van der Waals surface area contributed by atoms with Crippen molar-refractivity contribution in [2.45, 2.75) is 6.54 Å². The largest absolute Gasteiger partial charge is 0.497 e. The zero-order valence-corrected chi connectivity index (χ0v) is 12.5. The molecule has 1 heterocycles. The van der Waals surface area contributed by atoms with Crippen molar-refractivity contribution >= 4 is 16.5 Å². The highest BCUT2D eigenvalue weighted by Gasteiger charge is 2.19. The second kappa shape index (κ2) is 5.26. The zero-order chi connectivity index (χ0) is 14.9. The molecule has 4 rings (SSSR count). The van der Waals surface area contributed by atoms with Crippen molar-refractivity contribution in [3.8, 4) is 11.5 Å². The third-order valence-corrected chi connectivity index (χ3v) is 4.11. The minimum absolute atomic E-state index is 0.550. The van der Waals surface area contributed by atoms with E-state index in [4.69, 9.17) is 9.47 Å². The molecule has 0 N–H and O–H groups in total. The molecule has 0 unspecified atom stereocenters. The van der Waals surface area contributed by atoms with E-state index in [2.05, 4.69) is 47.4 Å². The molecule has 0 aliphatic carbocycles. The molecule has 3 heteroatoms. The molecule has 0 aromatic heterocycles. The van der Waals surface area contributed by atoms with Crippen LogP contribution < -0.4 is 14.4 Å². The lowest BCUT2D eigenvalue weighted by molar-refractivity contribution is 0.293. The summed E-state index contributed by atoms with van der Waals surface area (Å²) in [6, 6.07) is 20.7. The first kappa shape index (κ1) is 13.0. The van der Waals surface area contributed by atoms with Crippen LogP contribution in [0.3, 0.4) is 0 Å². The Balaban J connectivity index is 1.71. The second-order valence-corrected chi connectivity index (χ2v) is 5.45. The average molecular weight is 291 g/mol. The fourth-order valence-corrected chi connectivity index (χ4v) is 2.95. The fraction of sp³-hybridized carbons (Fsp3) is 0.158. The van der Waals surface area contributed by atoms with Crippen molar-refractivity contribution in [1.82, 2.24) is 0 Å². The van der Waals surface area contributed by atoms with E-state index in [0.717, 1.165) is 23.7 Å². The smallest absolute Gasteiger partial charge is 0.161 e. The van der Waals surface area contributed by atoms with Crippen molar-refractivity contribution in [3.63, 3.8) is 0 Å². The number of benzene rings is 3. The molecule has 1 aliphatic heterocycles. The standard InChI is InChI=1S/C19H17NO2/c1-21-17-7-4-6-16(11-17)20-12-15-10-9-14-5-2-3-8-18(14)19(15)22-13-20/h2-11H,12-13H2,1H3. The Bertz CT molecular complexity index is 829. The van der Waals surface area contributed by atoms with Crippen molar-refractivity contribution < 1.29 is 9.47 Å². The molecule has 22 heavy (non-hydrogen) atoms. The monoisotopic (exact) mass is 291 g/mol. The Morgan fingerprint density at radius 3 is 2.82 bits per heavy atom. The van der Waals surface area contributed by atoms with E-state index in [-0.39, 0.29) is 0 Å². The first-order valence-corrected chi connectivity index (χ1v) is 7.37. The van der Waals surface area contributed by atoms with E-state index in [1.807, 2.05) is 18.2 Å². The van der Waals surface area contributed by atoms with E-state index in [9.17, 15) is 0 Å². The highest BCUT2D eigenvalue weighted by Crippen LogP contribution is 2.35.